The monoisotopic (exact) mass is 373 g/mol. The van der Waals surface area contributed by atoms with Crippen molar-refractivity contribution >= 4 is 46.4 Å². The topological polar surface area (TPSA) is 72.8 Å². The van der Waals surface area contributed by atoms with Crippen LogP contribution in [-0.2, 0) is 19.2 Å². The summed E-state index contributed by atoms with van der Waals surface area (Å²) in [5, 5.41) is 4.05. The summed E-state index contributed by atoms with van der Waals surface area (Å²) >= 11 is 7.15. The van der Waals surface area contributed by atoms with Crippen molar-refractivity contribution < 1.29 is 19.2 Å². The minimum absolute atomic E-state index is 0.0260. The summed E-state index contributed by atoms with van der Waals surface area (Å²) in [6.07, 6.45) is 2.89. The number of Topliss-reactive ketones (excluding diaryl/α,β-unsaturated/α-hetero) is 3. The minimum atomic E-state index is -1.22. The van der Waals surface area contributed by atoms with E-state index < -0.39 is 11.7 Å². The highest BCUT2D eigenvalue weighted by Crippen LogP contribution is 2.30. The molecule has 0 heterocycles. The lowest BCUT2D eigenvalue weighted by Crippen LogP contribution is -2.41. The van der Waals surface area contributed by atoms with E-state index in [0.29, 0.717) is 5.25 Å². The zero-order valence-electron chi connectivity index (χ0n) is 14.3. The zero-order valence-corrected chi connectivity index (χ0v) is 15.9. The predicted octanol–water partition coefficient (Wildman–Crippen LogP) is 3.40. The van der Waals surface area contributed by atoms with Gasteiger partial charge in [-0.05, 0) is 31.1 Å². The third kappa shape index (κ3) is 6.40. The van der Waals surface area contributed by atoms with Gasteiger partial charge in [-0.25, -0.2) is 0 Å². The van der Waals surface area contributed by atoms with Crippen LogP contribution in [0.3, 0.4) is 0 Å². The van der Waals surface area contributed by atoms with Gasteiger partial charge in [0.05, 0.1) is 0 Å². The molecule has 5 nitrogen and oxygen atoms in total. The maximum Gasteiger partial charge on any atom is 0.198 e. The summed E-state index contributed by atoms with van der Waals surface area (Å²) in [4.78, 5) is 41.8. The number of halogens is 1. The molecule has 0 aromatic carbocycles. The quantitative estimate of drug-likeness (QED) is 0.268. The van der Waals surface area contributed by atoms with Crippen molar-refractivity contribution in [3.8, 4) is 0 Å². The average molecular weight is 374 g/mol. The molecule has 0 spiro atoms. The number of rotatable bonds is 9. The fraction of sp³-hybridized carbons (Fsp3) is 0.647. The van der Waals surface area contributed by atoms with Crippen LogP contribution in [0, 0.1) is 11.8 Å². The largest absolute Gasteiger partial charge is 0.391 e. The molecule has 0 radical (unpaired) electrons. The van der Waals surface area contributed by atoms with E-state index in [9.17, 15) is 14.4 Å². The van der Waals surface area contributed by atoms with E-state index >= 15 is 0 Å². The molecule has 0 bridgehead atoms. The van der Waals surface area contributed by atoms with Crippen LogP contribution in [0.2, 0.25) is 0 Å². The van der Waals surface area contributed by atoms with Gasteiger partial charge in [-0.1, -0.05) is 30.6 Å². The highest BCUT2D eigenvalue weighted by atomic mass is 35.5. The number of hydrogen-bond donors (Lipinski definition) is 0. The Morgan fingerprint density at radius 2 is 2.04 bits per heavy atom. The first-order valence-electron chi connectivity index (χ1n) is 8.03. The van der Waals surface area contributed by atoms with Crippen LogP contribution in [0.15, 0.2) is 16.8 Å². The molecule has 0 aliphatic heterocycles. The van der Waals surface area contributed by atoms with Gasteiger partial charge in [0.2, 0.25) is 0 Å². The Balaban J connectivity index is 2.66. The zero-order chi connectivity index (χ0) is 18.1. The van der Waals surface area contributed by atoms with Crippen molar-refractivity contribution in [3.05, 3.63) is 11.6 Å². The lowest BCUT2D eigenvalue weighted by atomic mass is 9.76. The van der Waals surface area contributed by atoms with Crippen LogP contribution in [0.4, 0.5) is 0 Å². The molecule has 1 atom stereocenters. The molecule has 7 heteroatoms. The van der Waals surface area contributed by atoms with Gasteiger partial charge in [0.1, 0.15) is 18.2 Å². The fourth-order valence-corrected chi connectivity index (χ4v) is 3.85. The highest BCUT2D eigenvalue weighted by molar-refractivity contribution is 7.99. The SMILES string of the molecule is CCSC(C)CC1CC(=O)C(C(=O)/C(C)=N/OC/C=C/Cl)C(=O)C1. The second-order valence-corrected chi connectivity index (χ2v) is 7.81. The Kier molecular flexibility index (Phi) is 9.29. The van der Waals surface area contributed by atoms with Gasteiger partial charge in [-0.15, -0.1) is 0 Å². The number of carbonyl (C=O) groups is 3. The molecule has 24 heavy (non-hydrogen) atoms. The summed E-state index contributed by atoms with van der Waals surface area (Å²) in [6, 6.07) is 0. The predicted molar refractivity (Wildman–Crippen MR) is 97.5 cm³/mol. The number of carbonyl (C=O) groups excluding carboxylic acids is 3. The summed E-state index contributed by atoms with van der Waals surface area (Å²) in [7, 11) is 0. The molecule has 0 amide bonds. The van der Waals surface area contributed by atoms with Crippen LogP contribution in [0.25, 0.3) is 0 Å². The van der Waals surface area contributed by atoms with Crippen LogP contribution in [-0.4, -0.2) is 40.7 Å². The van der Waals surface area contributed by atoms with Gasteiger partial charge >= 0.3 is 0 Å². The molecule has 1 rings (SSSR count). The van der Waals surface area contributed by atoms with Crippen molar-refractivity contribution in [2.24, 2.45) is 17.0 Å². The molecule has 1 unspecified atom stereocenters. The summed E-state index contributed by atoms with van der Waals surface area (Å²) in [6.45, 7) is 5.75. The number of thioether (sulfide) groups is 1. The molecular weight excluding hydrogens is 350 g/mol. The van der Waals surface area contributed by atoms with Crippen molar-refractivity contribution in [2.45, 2.75) is 45.3 Å². The lowest BCUT2D eigenvalue weighted by Gasteiger charge is -2.27. The molecule has 1 aliphatic carbocycles. The molecule has 134 valence electrons. The molecule has 0 N–H and O–H groups in total. The molecule has 1 aliphatic rings. The standard InChI is InChI=1S/C17H24ClNO4S/c1-4-24-11(2)8-13-9-14(20)16(15(21)10-13)17(22)12(3)19-23-7-5-6-18/h5-6,11,13,16H,4,7-10H2,1-3H3/b6-5+,19-12+. The van der Waals surface area contributed by atoms with Gasteiger partial charge < -0.3 is 4.84 Å². The minimum Gasteiger partial charge on any atom is -0.391 e. The van der Waals surface area contributed by atoms with Crippen LogP contribution >= 0.6 is 23.4 Å². The number of oxime groups is 1. The van der Waals surface area contributed by atoms with Crippen LogP contribution in [0.1, 0.15) is 40.0 Å². The number of hydrogen-bond acceptors (Lipinski definition) is 6. The van der Waals surface area contributed by atoms with E-state index in [-0.39, 0.29) is 42.6 Å². The first kappa shape index (κ1) is 20.9. The Bertz CT molecular complexity index is 515. The second-order valence-electron chi connectivity index (χ2n) is 5.84. The van der Waals surface area contributed by atoms with Crippen molar-refractivity contribution in [1.82, 2.24) is 0 Å². The normalized spacial score (nSPS) is 23.6. The van der Waals surface area contributed by atoms with Gasteiger partial charge in [0.25, 0.3) is 0 Å². The summed E-state index contributed by atoms with van der Waals surface area (Å²) in [5.74, 6) is -1.34. The van der Waals surface area contributed by atoms with Gasteiger partial charge in [-0.2, -0.15) is 11.8 Å². The van der Waals surface area contributed by atoms with E-state index in [1.54, 1.807) is 0 Å². The Morgan fingerprint density at radius 3 is 2.58 bits per heavy atom. The Labute approximate surface area is 152 Å². The van der Waals surface area contributed by atoms with Crippen molar-refractivity contribution in [2.75, 3.05) is 12.4 Å². The van der Waals surface area contributed by atoms with Crippen molar-refractivity contribution in [1.29, 1.82) is 0 Å². The number of ketones is 3. The second kappa shape index (κ2) is 10.7. The van der Waals surface area contributed by atoms with Gasteiger partial charge in [0.15, 0.2) is 17.3 Å². The number of nitrogens with zero attached hydrogens (tertiary/aromatic N) is 1. The Hall–Kier alpha value is -1.14. The molecule has 0 aromatic heterocycles. The third-order valence-corrected chi connectivity index (χ3v) is 5.09. The molecule has 1 fully saturated rings. The first-order chi connectivity index (χ1) is 11.4. The lowest BCUT2D eigenvalue weighted by molar-refractivity contribution is -0.141. The Morgan fingerprint density at radius 1 is 1.42 bits per heavy atom. The van der Waals surface area contributed by atoms with Gasteiger partial charge in [0, 0.05) is 23.6 Å². The van der Waals surface area contributed by atoms with Crippen LogP contribution < -0.4 is 0 Å². The van der Waals surface area contributed by atoms with E-state index in [4.69, 9.17) is 16.4 Å². The van der Waals surface area contributed by atoms with E-state index in [1.165, 1.54) is 18.5 Å². The van der Waals surface area contributed by atoms with E-state index in [0.717, 1.165) is 12.2 Å². The van der Waals surface area contributed by atoms with E-state index in [1.807, 2.05) is 11.8 Å². The molecule has 1 saturated carbocycles. The maximum atomic E-state index is 12.3. The fourth-order valence-electron chi connectivity index (χ4n) is 2.80. The molecule has 0 saturated heterocycles. The smallest absolute Gasteiger partial charge is 0.198 e. The van der Waals surface area contributed by atoms with Crippen molar-refractivity contribution in [3.63, 3.8) is 0 Å². The highest BCUT2D eigenvalue weighted by Gasteiger charge is 2.41. The van der Waals surface area contributed by atoms with Gasteiger partial charge in [-0.3, -0.25) is 14.4 Å². The summed E-state index contributed by atoms with van der Waals surface area (Å²) in [5.41, 5.74) is 1.30. The van der Waals surface area contributed by atoms with E-state index in [2.05, 4.69) is 19.0 Å². The molecular formula is C17H24ClNO4S. The van der Waals surface area contributed by atoms with Crippen LogP contribution in [0.5, 0.6) is 0 Å². The molecule has 0 aromatic rings. The maximum absolute atomic E-state index is 12.3. The third-order valence-electron chi connectivity index (χ3n) is 3.82. The summed E-state index contributed by atoms with van der Waals surface area (Å²) < 4.78 is 0. The average Bonchev–Trinajstić information content (AvgIpc) is 2.50. The first-order valence-corrected chi connectivity index (χ1v) is 9.52.